The minimum absolute atomic E-state index is 0.548. The lowest BCUT2D eigenvalue weighted by molar-refractivity contribution is 0.393. The van der Waals surface area contributed by atoms with E-state index >= 15 is 0 Å². The van der Waals surface area contributed by atoms with Gasteiger partial charge >= 0.3 is 0 Å². The van der Waals surface area contributed by atoms with E-state index in [2.05, 4.69) is 37.7 Å². The van der Waals surface area contributed by atoms with Crippen molar-refractivity contribution in [3.63, 3.8) is 0 Å². The van der Waals surface area contributed by atoms with Gasteiger partial charge in [-0.1, -0.05) is 33.8 Å². The van der Waals surface area contributed by atoms with Gasteiger partial charge in [0, 0.05) is 6.20 Å². The maximum Gasteiger partial charge on any atom is 0.236 e. The molecule has 0 fully saturated rings. The summed E-state index contributed by atoms with van der Waals surface area (Å²) in [6.07, 6.45) is 1.70. The maximum absolute atomic E-state index is 4.96. The summed E-state index contributed by atoms with van der Waals surface area (Å²) < 4.78 is 5.68. The molecule has 0 saturated carbocycles. The molecule has 0 radical (unpaired) electrons. The van der Waals surface area contributed by atoms with Crippen LogP contribution in [0.4, 0.5) is 0 Å². The Morgan fingerprint density at radius 3 is 2.92 bits per heavy atom. The highest BCUT2D eigenvalue weighted by molar-refractivity contribution is 14.1. The van der Waals surface area contributed by atoms with Gasteiger partial charge in [-0.2, -0.15) is 4.98 Å². The Bertz CT molecular complexity index is 387. The number of aromatic nitrogens is 3. The zero-order chi connectivity index (χ0) is 9.10. The number of hydrogen-bond acceptors (Lipinski definition) is 4. The topological polar surface area (TPSA) is 51.8 Å². The minimum atomic E-state index is 0.548. The van der Waals surface area contributed by atoms with Crippen molar-refractivity contribution in [2.24, 2.45) is 0 Å². The smallest absolute Gasteiger partial charge is 0.236 e. The predicted molar refractivity (Wildman–Crippen MR) is 55.3 cm³/mol. The fourth-order valence-electron chi connectivity index (χ4n) is 0.908. The molecule has 2 aromatic heterocycles. The lowest BCUT2D eigenvalue weighted by Crippen LogP contribution is -1.84. The molecule has 0 aliphatic rings. The van der Waals surface area contributed by atoms with Gasteiger partial charge < -0.3 is 4.52 Å². The molecule has 4 nitrogen and oxygen atoms in total. The average Bonchev–Trinajstić information content (AvgIpc) is 2.67. The second kappa shape index (κ2) is 3.82. The number of nitrogens with zero attached hydrogens (tertiary/aromatic N) is 3. The summed E-state index contributed by atoms with van der Waals surface area (Å²) in [6, 6.07) is 5.59. The number of halogens is 1. The van der Waals surface area contributed by atoms with E-state index in [9.17, 15) is 0 Å². The van der Waals surface area contributed by atoms with Crippen LogP contribution in [0.2, 0.25) is 0 Å². The molecule has 5 heteroatoms. The van der Waals surface area contributed by atoms with Gasteiger partial charge in [-0.3, -0.25) is 4.98 Å². The van der Waals surface area contributed by atoms with E-state index in [1.165, 1.54) is 0 Å². The molecule has 2 heterocycles. The molecule has 0 unspecified atom stereocenters. The molecule has 0 aromatic carbocycles. The Balaban J connectivity index is 2.36. The van der Waals surface area contributed by atoms with Gasteiger partial charge in [-0.15, -0.1) is 0 Å². The summed E-state index contributed by atoms with van der Waals surface area (Å²) in [4.78, 5) is 8.26. The van der Waals surface area contributed by atoms with Gasteiger partial charge in [-0.25, -0.2) is 0 Å². The number of pyridine rings is 1. The lowest BCUT2D eigenvalue weighted by Gasteiger charge is -1.88. The SMILES string of the molecule is ICc1nc(-c2ccccn2)no1. The molecule has 0 atom stereocenters. The highest BCUT2D eigenvalue weighted by atomic mass is 127. The van der Waals surface area contributed by atoms with Crippen molar-refractivity contribution in [1.29, 1.82) is 0 Å². The zero-order valence-corrected chi connectivity index (χ0v) is 8.80. The van der Waals surface area contributed by atoms with Crippen LogP contribution >= 0.6 is 22.6 Å². The largest absolute Gasteiger partial charge is 0.338 e. The molecule has 2 rings (SSSR count). The average molecular weight is 287 g/mol. The summed E-state index contributed by atoms with van der Waals surface area (Å²) in [7, 11) is 0. The Morgan fingerprint density at radius 2 is 2.31 bits per heavy atom. The maximum atomic E-state index is 4.96. The standard InChI is InChI=1S/C8H6IN3O/c9-5-7-11-8(12-13-7)6-3-1-2-4-10-6/h1-4H,5H2. The minimum Gasteiger partial charge on any atom is -0.338 e. The van der Waals surface area contributed by atoms with Crippen molar-refractivity contribution in [3.05, 3.63) is 30.3 Å². The Morgan fingerprint density at radius 1 is 1.38 bits per heavy atom. The summed E-state index contributed by atoms with van der Waals surface area (Å²) in [5.74, 6) is 1.17. The van der Waals surface area contributed by atoms with Crippen LogP contribution in [0.25, 0.3) is 11.5 Å². The molecule has 0 aliphatic carbocycles. The Labute approximate surface area is 88.5 Å². The zero-order valence-electron chi connectivity index (χ0n) is 6.64. The van der Waals surface area contributed by atoms with Crippen LogP contribution in [-0.2, 0) is 4.43 Å². The van der Waals surface area contributed by atoms with E-state index in [0.29, 0.717) is 11.7 Å². The van der Waals surface area contributed by atoms with Gasteiger partial charge in [0.15, 0.2) is 0 Å². The second-order valence-corrected chi connectivity index (χ2v) is 3.12. The quantitative estimate of drug-likeness (QED) is 0.626. The van der Waals surface area contributed by atoms with Gasteiger partial charge in [0.1, 0.15) is 5.69 Å². The molecule has 2 aromatic rings. The first-order valence-electron chi connectivity index (χ1n) is 3.70. The molecule has 0 amide bonds. The molecule has 0 aliphatic heterocycles. The van der Waals surface area contributed by atoms with Crippen LogP contribution in [-0.4, -0.2) is 15.1 Å². The summed E-state index contributed by atoms with van der Waals surface area (Å²) >= 11 is 2.17. The van der Waals surface area contributed by atoms with Crippen molar-refractivity contribution < 1.29 is 4.52 Å². The third-order valence-electron chi connectivity index (χ3n) is 1.48. The van der Waals surface area contributed by atoms with E-state index in [1.807, 2.05) is 18.2 Å². The Hall–Kier alpha value is -0.980. The monoisotopic (exact) mass is 287 g/mol. The first kappa shape index (κ1) is 8.61. The van der Waals surface area contributed by atoms with Crippen LogP contribution < -0.4 is 0 Å². The van der Waals surface area contributed by atoms with Gasteiger partial charge in [-0.05, 0) is 12.1 Å². The third-order valence-corrected chi connectivity index (χ3v) is 2.13. The molecule has 0 saturated heterocycles. The molecular weight excluding hydrogens is 281 g/mol. The third kappa shape index (κ3) is 1.85. The van der Waals surface area contributed by atoms with Crippen molar-refractivity contribution in [1.82, 2.24) is 15.1 Å². The van der Waals surface area contributed by atoms with E-state index in [0.717, 1.165) is 10.1 Å². The predicted octanol–water partition coefficient (Wildman–Crippen LogP) is 2.07. The molecule has 13 heavy (non-hydrogen) atoms. The molecule has 66 valence electrons. The number of hydrogen-bond donors (Lipinski definition) is 0. The fraction of sp³-hybridized carbons (Fsp3) is 0.125. The highest BCUT2D eigenvalue weighted by Gasteiger charge is 2.06. The molecule has 0 bridgehead atoms. The molecular formula is C8H6IN3O. The molecule has 0 spiro atoms. The van der Waals surface area contributed by atoms with Crippen LogP contribution in [0, 0.1) is 0 Å². The van der Waals surface area contributed by atoms with Crippen LogP contribution in [0.5, 0.6) is 0 Å². The fourth-order valence-corrected chi connectivity index (χ4v) is 1.22. The van der Waals surface area contributed by atoms with E-state index < -0.39 is 0 Å². The van der Waals surface area contributed by atoms with Crippen LogP contribution in [0.3, 0.4) is 0 Å². The lowest BCUT2D eigenvalue weighted by atomic mass is 10.3. The van der Waals surface area contributed by atoms with Crippen molar-refractivity contribution in [2.75, 3.05) is 0 Å². The van der Waals surface area contributed by atoms with Crippen LogP contribution in [0.15, 0.2) is 28.9 Å². The van der Waals surface area contributed by atoms with Gasteiger partial charge in [0.2, 0.25) is 11.7 Å². The first-order valence-corrected chi connectivity index (χ1v) is 5.22. The normalized spacial score (nSPS) is 10.2. The Kier molecular flexibility index (Phi) is 2.53. The number of rotatable bonds is 2. The second-order valence-electron chi connectivity index (χ2n) is 2.36. The highest BCUT2D eigenvalue weighted by Crippen LogP contribution is 2.12. The van der Waals surface area contributed by atoms with E-state index in [4.69, 9.17) is 4.52 Å². The van der Waals surface area contributed by atoms with Gasteiger partial charge in [0.25, 0.3) is 0 Å². The van der Waals surface area contributed by atoms with Gasteiger partial charge in [0.05, 0.1) is 4.43 Å². The summed E-state index contributed by atoms with van der Waals surface area (Å²) in [5.41, 5.74) is 0.738. The number of alkyl halides is 1. The summed E-state index contributed by atoms with van der Waals surface area (Å²) in [5, 5.41) is 3.80. The molecule has 0 N–H and O–H groups in total. The van der Waals surface area contributed by atoms with Crippen LogP contribution in [0.1, 0.15) is 5.89 Å². The van der Waals surface area contributed by atoms with Crippen molar-refractivity contribution in [3.8, 4) is 11.5 Å². The van der Waals surface area contributed by atoms with Crippen molar-refractivity contribution >= 4 is 22.6 Å². The first-order chi connectivity index (χ1) is 6.40. The summed E-state index contributed by atoms with van der Waals surface area (Å²) in [6.45, 7) is 0. The van der Waals surface area contributed by atoms with E-state index in [-0.39, 0.29) is 0 Å². The van der Waals surface area contributed by atoms with E-state index in [1.54, 1.807) is 6.20 Å². The van der Waals surface area contributed by atoms with Crippen molar-refractivity contribution in [2.45, 2.75) is 4.43 Å².